The van der Waals surface area contributed by atoms with Gasteiger partial charge in [0.1, 0.15) is 0 Å². The number of nitrogens with one attached hydrogen (secondary N) is 2. The third-order valence-corrected chi connectivity index (χ3v) is 4.35. The first-order valence-electron chi connectivity index (χ1n) is 9.06. The lowest BCUT2D eigenvalue weighted by Gasteiger charge is -2.33. The van der Waals surface area contributed by atoms with E-state index >= 15 is 0 Å². The van der Waals surface area contributed by atoms with Crippen LogP contribution in [0.2, 0.25) is 0 Å². The number of hydrogen-bond acceptors (Lipinski definition) is 4. The van der Waals surface area contributed by atoms with Crippen LogP contribution < -0.4 is 10.6 Å². The monoisotopic (exact) mass is 498 g/mol. The van der Waals surface area contributed by atoms with E-state index in [9.17, 15) is 9.59 Å². The van der Waals surface area contributed by atoms with Gasteiger partial charge in [0.15, 0.2) is 5.96 Å². The molecule has 0 aliphatic carbocycles. The van der Waals surface area contributed by atoms with E-state index in [0.717, 1.165) is 0 Å². The lowest BCUT2D eigenvalue weighted by Crippen LogP contribution is -2.48. The summed E-state index contributed by atoms with van der Waals surface area (Å²) < 4.78 is 5.09. The van der Waals surface area contributed by atoms with E-state index in [1.165, 1.54) is 0 Å². The number of esters is 1. The van der Waals surface area contributed by atoms with Gasteiger partial charge in [-0.1, -0.05) is 12.0 Å². The number of carbonyl (C=O) groups excluding carboxylic acids is 2. The molecule has 0 spiro atoms. The Bertz CT molecular complexity index is 737. The van der Waals surface area contributed by atoms with Crippen molar-refractivity contribution in [3.8, 4) is 12.3 Å². The van der Waals surface area contributed by atoms with Gasteiger partial charge in [0.05, 0.1) is 19.1 Å². The quantitative estimate of drug-likeness (QED) is 0.214. The van der Waals surface area contributed by atoms with Crippen molar-refractivity contribution in [2.24, 2.45) is 10.9 Å². The average molecular weight is 498 g/mol. The van der Waals surface area contributed by atoms with Crippen molar-refractivity contribution < 1.29 is 14.3 Å². The zero-order valence-corrected chi connectivity index (χ0v) is 18.6. The number of terminal acetylenes is 1. The normalized spacial score (nSPS) is 14.5. The highest BCUT2D eigenvalue weighted by Gasteiger charge is 2.27. The van der Waals surface area contributed by atoms with Gasteiger partial charge in [0.2, 0.25) is 5.91 Å². The molecule has 0 bridgehead atoms. The molecule has 1 aliphatic heterocycles. The third kappa shape index (κ3) is 7.03. The van der Waals surface area contributed by atoms with E-state index in [0.29, 0.717) is 49.7 Å². The number of nitrogens with zero attached hydrogens (tertiary/aromatic N) is 2. The van der Waals surface area contributed by atoms with Gasteiger partial charge in [-0.25, -0.2) is 0 Å². The zero-order chi connectivity index (χ0) is 19.6. The van der Waals surface area contributed by atoms with Crippen molar-refractivity contribution in [2.45, 2.75) is 19.8 Å². The number of anilines is 1. The molecule has 0 unspecified atom stereocenters. The molecule has 1 amide bonds. The largest absolute Gasteiger partial charge is 0.466 e. The predicted octanol–water partition coefficient (Wildman–Crippen LogP) is 2.07. The second-order valence-corrected chi connectivity index (χ2v) is 6.19. The summed E-state index contributed by atoms with van der Waals surface area (Å²) in [5.41, 5.74) is 1.36. The summed E-state index contributed by atoms with van der Waals surface area (Å²) in [4.78, 5) is 30.3. The van der Waals surface area contributed by atoms with E-state index in [1.807, 2.05) is 11.8 Å². The molecule has 28 heavy (non-hydrogen) atoms. The molecular weight excluding hydrogens is 471 g/mol. The highest BCUT2D eigenvalue weighted by Crippen LogP contribution is 2.18. The van der Waals surface area contributed by atoms with E-state index in [4.69, 9.17) is 11.2 Å². The minimum atomic E-state index is -0.188. The summed E-state index contributed by atoms with van der Waals surface area (Å²) in [5.74, 6) is 2.80. The highest BCUT2D eigenvalue weighted by molar-refractivity contribution is 14.0. The van der Waals surface area contributed by atoms with Crippen molar-refractivity contribution in [3.63, 3.8) is 0 Å². The minimum Gasteiger partial charge on any atom is -0.466 e. The number of carbonyl (C=O) groups is 2. The smallest absolute Gasteiger partial charge is 0.309 e. The molecule has 0 aromatic heterocycles. The lowest BCUT2D eigenvalue weighted by atomic mass is 9.97. The summed E-state index contributed by atoms with van der Waals surface area (Å²) >= 11 is 0. The maximum atomic E-state index is 12.2. The molecule has 1 heterocycles. The van der Waals surface area contributed by atoms with Gasteiger partial charge in [-0.15, -0.1) is 30.4 Å². The second-order valence-electron chi connectivity index (χ2n) is 6.19. The van der Waals surface area contributed by atoms with Crippen LogP contribution in [0.3, 0.4) is 0 Å². The van der Waals surface area contributed by atoms with Crippen molar-refractivity contribution in [2.75, 3.05) is 38.6 Å². The van der Waals surface area contributed by atoms with Crippen LogP contribution in [0.1, 0.15) is 25.3 Å². The Hall–Kier alpha value is -2.28. The molecule has 1 saturated heterocycles. The molecular formula is C20H27IN4O3. The Labute approximate surface area is 183 Å². The maximum Gasteiger partial charge on any atom is 0.309 e. The van der Waals surface area contributed by atoms with Gasteiger partial charge < -0.3 is 20.3 Å². The molecule has 7 nitrogen and oxygen atoms in total. The molecule has 0 atom stereocenters. The first-order valence-corrected chi connectivity index (χ1v) is 9.06. The number of aliphatic imine (C=N–C) groups is 1. The maximum absolute atomic E-state index is 12.2. The number of rotatable bonds is 5. The number of halogens is 1. The topological polar surface area (TPSA) is 83.0 Å². The third-order valence-electron chi connectivity index (χ3n) is 4.35. The number of ether oxygens (including phenoxy) is 1. The fraction of sp³-hybridized carbons (Fsp3) is 0.450. The van der Waals surface area contributed by atoms with Crippen LogP contribution in [0.15, 0.2) is 29.3 Å². The van der Waals surface area contributed by atoms with Gasteiger partial charge in [-0.05, 0) is 38.0 Å². The second kappa shape index (κ2) is 12.2. The Morgan fingerprint density at radius 3 is 2.68 bits per heavy atom. The molecule has 1 fully saturated rings. The summed E-state index contributed by atoms with van der Waals surface area (Å²) in [6.07, 6.45) is 6.79. The summed E-state index contributed by atoms with van der Waals surface area (Å²) in [7, 11) is 1.67. The van der Waals surface area contributed by atoms with Crippen molar-refractivity contribution in [1.82, 2.24) is 10.2 Å². The number of amides is 1. The lowest BCUT2D eigenvalue weighted by molar-refractivity contribution is -0.149. The molecule has 0 saturated carbocycles. The number of guanidine groups is 1. The summed E-state index contributed by atoms with van der Waals surface area (Å²) in [6, 6.07) is 7.13. The predicted molar refractivity (Wildman–Crippen MR) is 121 cm³/mol. The Balaban J connectivity index is 0.00000392. The number of likely N-dealkylation sites (tertiary alicyclic amines) is 1. The van der Waals surface area contributed by atoms with Gasteiger partial charge in [-0.2, -0.15) is 0 Å². The van der Waals surface area contributed by atoms with Gasteiger partial charge in [0.25, 0.3) is 0 Å². The van der Waals surface area contributed by atoms with Gasteiger partial charge in [-0.3, -0.25) is 14.6 Å². The van der Waals surface area contributed by atoms with Gasteiger partial charge >= 0.3 is 5.97 Å². The van der Waals surface area contributed by atoms with Crippen LogP contribution in [0.25, 0.3) is 0 Å². The first-order chi connectivity index (χ1) is 13.1. The van der Waals surface area contributed by atoms with Gasteiger partial charge in [0, 0.05) is 31.4 Å². The van der Waals surface area contributed by atoms with Crippen LogP contribution in [-0.2, 0) is 14.3 Å². The number of hydrogen-bond donors (Lipinski definition) is 2. The standard InChI is InChI=1S/C20H26N4O3.HI/c1-4-15-7-6-8-17(13-15)23-18(25)14-22-20(21-3)24-11-9-16(10-12-24)19(26)27-5-2;/h1,6-8,13,16H,5,9-12,14H2,2-3H3,(H,21,22)(H,23,25);1H. The Morgan fingerprint density at radius 1 is 1.36 bits per heavy atom. The molecule has 1 aromatic carbocycles. The molecule has 2 N–H and O–H groups in total. The van der Waals surface area contributed by atoms with Crippen LogP contribution in [0.4, 0.5) is 5.69 Å². The van der Waals surface area contributed by atoms with Crippen molar-refractivity contribution >= 4 is 47.5 Å². The minimum absolute atomic E-state index is 0. The average Bonchev–Trinajstić information content (AvgIpc) is 2.69. The van der Waals surface area contributed by atoms with Crippen LogP contribution in [-0.4, -0.2) is 56.0 Å². The summed E-state index contributed by atoms with van der Waals surface area (Å²) in [6.45, 7) is 3.68. The molecule has 2 rings (SSSR count). The first kappa shape index (κ1) is 23.8. The molecule has 0 radical (unpaired) electrons. The molecule has 8 heteroatoms. The Morgan fingerprint density at radius 2 is 2.07 bits per heavy atom. The van der Waals surface area contributed by atoms with E-state index in [-0.39, 0.29) is 48.3 Å². The van der Waals surface area contributed by atoms with E-state index in [1.54, 1.807) is 31.3 Å². The van der Waals surface area contributed by atoms with Crippen molar-refractivity contribution in [3.05, 3.63) is 29.8 Å². The Kier molecular flexibility index (Phi) is 10.4. The number of benzene rings is 1. The van der Waals surface area contributed by atoms with Crippen LogP contribution in [0, 0.1) is 18.3 Å². The number of piperidine rings is 1. The van der Waals surface area contributed by atoms with Crippen LogP contribution >= 0.6 is 24.0 Å². The molecule has 1 aromatic rings. The van der Waals surface area contributed by atoms with Crippen molar-refractivity contribution in [1.29, 1.82) is 0 Å². The van der Waals surface area contributed by atoms with Crippen LogP contribution in [0.5, 0.6) is 0 Å². The van der Waals surface area contributed by atoms with E-state index < -0.39 is 0 Å². The summed E-state index contributed by atoms with van der Waals surface area (Å²) in [5, 5.41) is 5.87. The van der Waals surface area contributed by atoms with E-state index in [2.05, 4.69) is 21.5 Å². The SMILES string of the molecule is C#Cc1cccc(NC(=O)CNC(=NC)N2CCC(C(=O)OCC)CC2)c1.I. The molecule has 152 valence electrons. The zero-order valence-electron chi connectivity index (χ0n) is 16.2. The molecule has 1 aliphatic rings. The fourth-order valence-corrected chi connectivity index (χ4v) is 2.97. The highest BCUT2D eigenvalue weighted by atomic mass is 127. The fourth-order valence-electron chi connectivity index (χ4n) is 2.97.